The first-order valence-corrected chi connectivity index (χ1v) is 7.08. The molecule has 2 heterocycles. The van der Waals surface area contributed by atoms with E-state index in [0.717, 1.165) is 0 Å². The monoisotopic (exact) mass is 379 g/mol. The largest absolute Gasteiger partial charge is 0.383 e. The number of hydrogen-bond donors (Lipinski definition) is 1. The van der Waals surface area contributed by atoms with Crippen LogP contribution in [0.4, 0.5) is 14.6 Å². The molecule has 0 aromatic carbocycles. The quantitative estimate of drug-likeness (QED) is 0.774. The molecular weight excluding hydrogens is 367 g/mol. The van der Waals surface area contributed by atoms with Gasteiger partial charge in [-0.1, -0.05) is 0 Å². The van der Waals surface area contributed by atoms with Gasteiger partial charge in [0.25, 0.3) is 0 Å². The Bertz CT molecular complexity index is 617. The molecule has 0 saturated heterocycles. The molecule has 0 atom stereocenters. The number of alkyl halides is 2. The summed E-state index contributed by atoms with van der Waals surface area (Å²) in [4.78, 5) is 8.13. The molecule has 0 aliphatic heterocycles. The van der Waals surface area contributed by atoms with Gasteiger partial charge in [0.2, 0.25) is 5.92 Å². The highest BCUT2D eigenvalue weighted by Crippen LogP contribution is 2.39. The SMILES string of the molecule is Nc1ncnc2c1c(I)nn2C1CCC(F)(F)CC1. The summed E-state index contributed by atoms with van der Waals surface area (Å²) in [6.45, 7) is 0. The molecule has 19 heavy (non-hydrogen) atoms. The van der Waals surface area contributed by atoms with Gasteiger partial charge in [-0.05, 0) is 35.4 Å². The highest BCUT2D eigenvalue weighted by molar-refractivity contribution is 14.1. The van der Waals surface area contributed by atoms with Gasteiger partial charge in [0, 0.05) is 12.8 Å². The van der Waals surface area contributed by atoms with Crippen LogP contribution in [0.3, 0.4) is 0 Å². The fourth-order valence-electron chi connectivity index (χ4n) is 2.48. The summed E-state index contributed by atoms with van der Waals surface area (Å²) >= 11 is 2.07. The number of hydrogen-bond acceptors (Lipinski definition) is 4. The van der Waals surface area contributed by atoms with Crippen LogP contribution in [-0.4, -0.2) is 25.7 Å². The predicted molar refractivity (Wildman–Crippen MR) is 74.9 cm³/mol. The van der Waals surface area contributed by atoms with Crippen molar-refractivity contribution in [3.63, 3.8) is 0 Å². The highest BCUT2D eigenvalue weighted by Gasteiger charge is 2.36. The second-order valence-corrected chi connectivity index (χ2v) is 5.80. The second-order valence-electron chi connectivity index (χ2n) is 4.78. The Hall–Kier alpha value is -1.06. The molecule has 1 aliphatic carbocycles. The maximum Gasteiger partial charge on any atom is 0.248 e. The van der Waals surface area contributed by atoms with Crippen molar-refractivity contribution in [2.45, 2.75) is 37.6 Å². The molecule has 1 saturated carbocycles. The number of nitrogen functional groups attached to an aromatic ring is 1. The third-order valence-electron chi connectivity index (χ3n) is 3.51. The molecule has 102 valence electrons. The van der Waals surface area contributed by atoms with Crippen molar-refractivity contribution in [1.29, 1.82) is 0 Å². The summed E-state index contributed by atoms with van der Waals surface area (Å²) in [5.74, 6) is -2.16. The van der Waals surface area contributed by atoms with E-state index >= 15 is 0 Å². The molecule has 0 unspecified atom stereocenters. The van der Waals surface area contributed by atoms with Crippen LogP contribution < -0.4 is 5.73 Å². The van der Waals surface area contributed by atoms with Crippen molar-refractivity contribution in [3.8, 4) is 0 Å². The summed E-state index contributed by atoms with van der Waals surface area (Å²) in [6, 6.07) is -0.0417. The number of nitrogens with two attached hydrogens (primary N) is 1. The zero-order chi connectivity index (χ0) is 13.6. The molecule has 1 aliphatic rings. The Morgan fingerprint density at radius 1 is 1.32 bits per heavy atom. The van der Waals surface area contributed by atoms with E-state index in [-0.39, 0.29) is 18.9 Å². The molecule has 0 spiro atoms. The average Bonchev–Trinajstić information content (AvgIpc) is 2.68. The summed E-state index contributed by atoms with van der Waals surface area (Å²) in [6.07, 6.45) is 1.99. The van der Waals surface area contributed by atoms with Crippen LogP contribution in [0.15, 0.2) is 6.33 Å². The van der Waals surface area contributed by atoms with Crippen LogP contribution in [0, 0.1) is 3.70 Å². The fraction of sp³-hybridized carbons (Fsp3) is 0.545. The molecule has 2 N–H and O–H groups in total. The van der Waals surface area contributed by atoms with Gasteiger partial charge in [-0.25, -0.2) is 23.4 Å². The lowest BCUT2D eigenvalue weighted by atomic mass is 9.92. The minimum atomic E-state index is -2.54. The normalized spacial score (nSPS) is 19.9. The van der Waals surface area contributed by atoms with Gasteiger partial charge < -0.3 is 5.73 Å². The Morgan fingerprint density at radius 3 is 2.68 bits per heavy atom. The number of nitrogens with zero attached hydrogens (tertiary/aromatic N) is 4. The Balaban J connectivity index is 2.00. The van der Waals surface area contributed by atoms with Crippen LogP contribution >= 0.6 is 22.6 Å². The smallest absolute Gasteiger partial charge is 0.248 e. The molecule has 0 bridgehead atoms. The van der Waals surface area contributed by atoms with E-state index in [1.165, 1.54) is 6.33 Å². The molecule has 3 rings (SSSR count). The zero-order valence-electron chi connectivity index (χ0n) is 9.98. The number of rotatable bonds is 1. The first-order valence-electron chi connectivity index (χ1n) is 6.00. The summed E-state index contributed by atoms with van der Waals surface area (Å²) < 4.78 is 28.8. The van der Waals surface area contributed by atoms with Crippen molar-refractivity contribution in [2.24, 2.45) is 0 Å². The minimum Gasteiger partial charge on any atom is -0.383 e. The summed E-state index contributed by atoms with van der Waals surface area (Å²) in [5.41, 5.74) is 6.45. The first kappa shape index (κ1) is 12.9. The summed E-state index contributed by atoms with van der Waals surface area (Å²) in [7, 11) is 0. The average molecular weight is 379 g/mol. The molecule has 1 fully saturated rings. The van der Waals surface area contributed by atoms with Gasteiger partial charge in [0.1, 0.15) is 15.8 Å². The van der Waals surface area contributed by atoms with Crippen LogP contribution in [0.2, 0.25) is 0 Å². The van der Waals surface area contributed by atoms with Gasteiger partial charge in [0.05, 0.1) is 11.4 Å². The van der Waals surface area contributed by atoms with Crippen molar-refractivity contribution in [3.05, 3.63) is 10.0 Å². The van der Waals surface area contributed by atoms with E-state index in [0.29, 0.717) is 33.4 Å². The lowest BCUT2D eigenvalue weighted by Crippen LogP contribution is -2.27. The van der Waals surface area contributed by atoms with Gasteiger partial charge in [-0.3, -0.25) is 0 Å². The number of anilines is 1. The molecular formula is C11H12F2IN5. The molecule has 0 amide bonds. The molecule has 2 aromatic rings. The highest BCUT2D eigenvalue weighted by atomic mass is 127. The van der Waals surface area contributed by atoms with Crippen LogP contribution in [0.25, 0.3) is 11.0 Å². The molecule has 0 radical (unpaired) electrons. The zero-order valence-corrected chi connectivity index (χ0v) is 12.1. The second kappa shape index (κ2) is 4.50. The van der Waals surface area contributed by atoms with E-state index in [1.807, 2.05) is 0 Å². The number of fused-ring (bicyclic) bond motifs is 1. The molecule has 5 nitrogen and oxygen atoms in total. The lowest BCUT2D eigenvalue weighted by molar-refractivity contribution is -0.0446. The maximum atomic E-state index is 13.2. The van der Waals surface area contributed by atoms with E-state index in [9.17, 15) is 8.78 Å². The first-order chi connectivity index (χ1) is 8.98. The van der Waals surface area contributed by atoms with Crippen molar-refractivity contribution in [1.82, 2.24) is 19.7 Å². The Kier molecular flexibility index (Phi) is 3.06. The molecule has 8 heteroatoms. The predicted octanol–water partition coefficient (Wildman–Crippen LogP) is 2.76. The van der Waals surface area contributed by atoms with Crippen LogP contribution in [0.5, 0.6) is 0 Å². The third-order valence-corrected chi connectivity index (χ3v) is 4.26. The fourth-order valence-corrected chi connectivity index (χ4v) is 3.23. The number of halogens is 3. The summed E-state index contributed by atoms with van der Waals surface area (Å²) in [5, 5.41) is 5.11. The van der Waals surface area contributed by atoms with Gasteiger partial charge in [-0.2, -0.15) is 5.10 Å². The van der Waals surface area contributed by atoms with E-state index in [1.54, 1.807) is 4.68 Å². The van der Waals surface area contributed by atoms with Crippen LogP contribution in [0.1, 0.15) is 31.7 Å². The van der Waals surface area contributed by atoms with Crippen molar-refractivity contribution in [2.75, 3.05) is 5.73 Å². The Morgan fingerprint density at radius 2 is 2.00 bits per heavy atom. The van der Waals surface area contributed by atoms with Crippen molar-refractivity contribution >= 4 is 39.4 Å². The maximum absolute atomic E-state index is 13.2. The topological polar surface area (TPSA) is 69.6 Å². The van der Waals surface area contributed by atoms with Crippen molar-refractivity contribution < 1.29 is 8.78 Å². The standard InChI is InChI=1S/C11H12F2IN5/c12-11(13)3-1-6(2-4-11)19-10-7(8(14)18-19)9(15)16-5-17-10/h5-6H,1-4H2,(H2,15,16,17). The van der Waals surface area contributed by atoms with Gasteiger partial charge >= 0.3 is 0 Å². The third kappa shape index (κ3) is 2.26. The van der Waals surface area contributed by atoms with Crippen LogP contribution in [-0.2, 0) is 0 Å². The van der Waals surface area contributed by atoms with Gasteiger partial charge in [0.15, 0.2) is 5.65 Å². The minimum absolute atomic E-state index is 0.0417. The molecule has 2 aromatic heterocycles. The van der Waals surface area contributed by atoms with Gasteiger partial charge in [-0.15, -0.1) is 0 Å². The van der Waals surface area contributed by atoms with E-state index in [2.05, 4.69) is 37.7 Å². The lowest BCUT2D eigenvalue weighted by Gasteiger charge is -2.28. The Labute approximate surface area is 121 Å². The number of aromatic nitrogens is 4. The van der Waals surface area contributed by atoms with E-state index < -0.39 is 5.92 Å². The van der Waals surface area contributed by atoms with E-state index in [4.69, 9.17) is 5.73 Å².